The largest absolute Gasteiger partial charge is 0.450 e. The molecule has 3 rings (SSSR count). The molecular weight excluding hydrogens is 366 g/mol. The molecule has 1 aliphatic rings. The number of aliphatic imine (C=N–C) groups is 1. The van der Waals surface area contributed by atoms with Crippen molar-refractivity contribution in [1.82, 2.24) is 20.5 Å². The van der Waals surface area contributed by atoms with Crippen LogP contribution in [0.1, 0.15) is 25.5 Å². The first-order valence-electron chi connectivity index (χ1n) is 9.06. The highest BCUT2D eigenvalue weighted by Gasteiger charge is 2.24. The van der Waals surface area contributed by atoms with Crippen LogP contribution in [0.4, 0.5) is 4.79 Å². The number of nitrogens with zero attached hydrogens (tertiary/aromatic N) is 3. The topological polar surface area (TPSA) is 92.0 Å². The van der Waals surface area contributed by atoms with Crippen LogP contribution in [-0.2, 0) is 11.3 Å². The molecule has 2 aromatic heterocycles. The molecule has 27 heavy (non-hydrogen) atoms. The van der Waals surface area contributed by atoms with E-state index < -0.39 is 0 Å². The summed E-state index contributed by atoms with van der Waals surface area (Å²) in [6, 6.07) is 4.22. The number of hydrogen-bond acceptors (Lipinski definition) is 6. The molecule has 0 aliphatic carbocycles. The Bertz CT molecular complexity index is 751. The molecule has 3 heterocycles. The molecule has 1 saturated heterocycles. The lowest BCUT2D eigenvalue weighted by Gasteiger charge is -2.32. The number of hydrogen-bond donors (Lipinski definition) is 2. The van der Waals surface area contributed by atoms with Crippen LogP contribution in [0.5, 0.6) is 0 Å². The summed E-state index contributed by atoms with van der Waals surface area (Å²) >= 11 is 1.60. The fourth-order valence-electron chi connectivity index (χ4n) is 2.89. The van der Waals surface area contributed by atoms with Gasteiger partial charge in [0.05, 0.1) is 23.7 Å². The Balaban J connectivity index is 1.44. The molecular formula is C18H25N5O3S. The van der Waals surface area contributed by atoms with Gasteiger partial charge in [0.25, 0.3) is 0 Å². The predicted molar refractivity (Wildman–Crippen MR) is 105 cm³/mol. The van der Waals surface area contributed by atoms with Crippen molar-refractivity contribution in [3.63, 3.8) is 0 Å². The number of rotatable bonds is 5. The van der Waals surface area contributed by atoms with Gasteiger partial charge in [0.1, 0.15) is 6.26 Å². The van der Waals surface area contributed by atoms with E-state index in [9.17, 15) is 4.79 Å². The van der Waals surface area contributed by atoms with Crippen LogP contribution in [0.3, 0.4) is 0 Å². The summed E-state index contributed by atoms with van der Waals surface area (Å²) in [5.74, 6) is 1.35. The number of oxazole rings is 1. The summed E-state index contributed by atoms with van der Waals surface area (Å²) in [6.07, 6.45) is 3.14. The highest BCUT2D eigenvalue weighted by atomic mass is 32.1. The number of thiophene rings is 1. The number of ether oxygens (including phenoxy) is 1. The number of nitrogens with one attached hydrogen (secondary N) is 2. The van der Waals surface area contributed by atoms with Crippen LogP contribution in [0.2, 0.25) is 0 Å². The molecule has 0 aromatic carbocycles. The second kappa shape index (κ2) is 9.40. The van der Waals surface area contributed by atoms with E-state index in [1.807, 2.05) is 24.4 Å². The van der Waals surface area contributed by atoms with Gasteiger partial charge in [-0.3, -0.25) is 4.99 Å². The van der Waals surface area contributed by atoms with Gasteiger partial charge in [0, 0.05) is 26.2 Å². The first-order chi connectivity index (χ1) is 13.2. The van der Waals surface area contributed by atoms with E-state index in [0.29, 0.717) is 38.1 Å². The Morgan fingerprint density at radius 3 is 2.96 bits per heavy atom. The zero-order valence-electron chi connectivity index (χ0n) is 15.6. The average molecular weight is 391 g/mol. The average Bonchev–Trinajstić information content (AvgIpc) is 3.37. The van der Waals surface area contributed by atoms with E-state index in [0.717, 1.165) is 23.4 Å². The SMILES string of the molecule is CCOC(=O)N1CCC(NC(=NC)NCc2coc(-c3cccs3)n2)CC1. The molecule has 0 bridgehead atoms. The number of carbonyl (C=O) groups excluding carboxylic acids is 1. The van der Waals surface area contributed by atoms with E-state index in [1.165, 1.54) is 0 Å². The minimum absolute atomic E-state index is 0.231. The van der Waals surface area contributed by atoms with Crippen molar-refractivity contribution in [2.45, 2.75) is 32.4 Å². The van der Waals surface area contributed by atoms with Crippen molar-refractivity contribution in [1.29, 1.82) is 0 Å². The Morgan fingerprint density at radius 2 is 2.30 bits per heavy atom. The summed E-state index contributed by atoms with van der Waals surface area (Å²) < 4.78 is 10.6. The summed E-state index contributed by atoms with van der Waals surface area (Å²) in [6.45, 7) is 4.11. The minimum atomic E-state index is -0.231. The second-order valence-electron chi connectivity index (χ2n) is 6.15. The maximum absolute atomic E-state index is 11.8. The molecule has 0 spiro atoms. The molecule has 146 valence electrons. The number of likely N-dealkylation sites (tertiary alicyclic amines) is 1. The Kier molecular flexibility index (Phi) is 6.69. The fraction of sp³-hybridized carbons (Fsp3) is 0.500. The number of carbonyl (C=O) groups is 1. The molecule has 0 unspecified atom stereocenters. The smallest absolute Gasteiger partial charge is 0.409 e. The van der Waals surface area contributed by atoms with E-state index in [2.05, 4.69) is 20.6 Å². The quantitative estimate of drug-likeness (QED) is 0.601. The Hall–Kier alpha value is -2.55. The van der Waals surface area contributed by atoms with Gasteiger partial charge in [-0.05, 0) is 31.2 Å². The van der Waals surface area contributed by atoms with Crippen molar-refractivity contribution in [3.05, 3.63) is 29.5 Å². The molecule has 0 radical (unpaired) electrons. The highest BCUT2D eigenvalue weighted by Crippen LogP contribution is 2.23. The maximum Gasteiger partial charge on any atom is 0.409 e. The number of amides is 1. The maximum atomic E-state index is 11.8. The van der Waals surface area contributed by atoms with Crippen molar-refractivity contribution in [3.8, 4) is 10.8 Å². The summed E-state index contributed by atoms with van der Waals surface area (Å²) in [7, 11) is 1.74. The van der Waals surface area contributed by atoms with Crippen LogP contribution < -0.4 is 10.6 Å². The van der Waals surface area contributed by atoms with Gasteiger partial charge in [-0.15, -0.1) is 11.3 Å². The second-order valence-corrected chi connectivity index (χ2v) is 7.10. The van der Waals surface area contributed by atoms with Gasteiger partial charge < -0.3 is 24.7 Å². The van der Waals surface area contributed by atoms with Crippen molar-refractivity contribution in [2.24, 2.45) is 4.99 Å². The molecule has 1 amide bonds. The molecule has 2 aromatic rings. The van der Waals surface area contributed by atoms with Gasteiger partial charge >= 0.3 is 6.09 Å². The lowest BCUT2D eigenvalue weighted by atomic mass is 10.1. The third kappa shape index (κ3) is 5.22. The van der Waals surface area contributed by atoms with Gasteiger partial charge in [0.15, 0.2) is 5.96 Å². The zero-order valence-corrected chi connectivity index (χ0v) is 16.4. The predicted octanol–water partition coefficient (Wildman–Crippen LogP) is 2.69. The third-order valence-corrected chi connectivity index (χ3v) is 5.16. The number of aromatic nitrogens is 1. The molecule has 9 heteroatoms. The third-order valence-electron chi connectivity index (χ3n) is 4.31. The lowest BCUT2D eigenvalue weighted by Crippen LogP contribution is -2.49. The van der Waals surface area contributed by atoms with Crippen molar-refractivity contribution in [2.75, 3.05) is 26.7 Å². The Morgan fingerprint density at radius 1 is 1.48 bits per heavy atom. The van der Waals surface area contributed by atoms with E-state index in [-0.39, 0.29) is 12.1 Å². The number of guanidine groups is 1. The molecule has 0 saturated carbocycles. The molecule has 0 atom stereocenters. The minimum Gasteiger partial charge on any atom is -0.450 e. The van der Waals surface area contributed by atoms with E-state index in [4.69, 9.17) is 9.15 Å². The normalized spacial score (nSPS) is 15.6. The van der Waals surface area contributed by atoms with E-state index in [1.54, 1.807) is 29.5 Å². The zero-order chi connectivity index (χ0) is 19.1. The summed E-state index contributed by atoms with van der Waals surface area (Å²) in [5, 5.41) is 8.66. The standard InChI is InChI=1S/C18H25N5O3S/c1-3-25-18(24)23-8-6-13(7-9-23)22-17(19-2)20-11-14-12-26-16(21-14)15-5-4-10-27-15/h4-5,10,12-13H,3,6-9,11H2,1-2H3,(H2,19,20,22). The van der Waals surface area contributed by atoms with Gasteiger partial charge in [-0.25, -0.2) is 9.78 Å². The summed E-state index contributed by atoms with van der Waals surface area (Å²) in [4.78, 5) is 23.3. The van der Waals surface area contributed by atoms with Crippen molar-refractivity contribution < 1.29 is 13.9 Å². The van der Waals surface area contributed by atoms with Crippen LogP contribution in [0.15, 0.2) is 33.2 Å². The van der Waals surface area contributed by atoms with Crippen LogP contribution in [0.25, 0.3) is 10.8 Å². The molecule has 2 N–H and O–H groups in total. The first kappa shape index (κ1) is 19.2. The van der Waals surface area contributed by atoms with Crippen LogP contribution in [0, 0.1) is 0 Å². The van der Waals surface area contributed by atoms with Crippen LogP contribution in [-0.4, -0.2) is 54.7 Å². The molecule has 1 fully saturated rings. The van der Waals surface area contributed by atoms with Gasteiger partial charge in [0.2, 0.25) is 5.89 Å². The van der Waals surface area contributed by atoms with Crippen LogP contribution >= 0.6 is 11.3 Å². The van der Waals surface area contributed by atoms with Gasteiger partial charge in [-0.2, -0.15) is 0 Å². The Labute approximate surface area is 162 Å². The van der Waals surface area contributed by atoms with E-state index >= 15 is 0 Å². The van der Waals surface area contributed by atoms with Gasteiger partial charge in [-0.1, -0.05) is 6.07 Å². The lowest BCUT2D eigenvalue weighted by molar-refractivity contribution is 0.0963. The van der Waals surface area contributed by atoms with Crippen molar-refractivity contribution >= 4 is 23.4 Å². The highest BCUT2D eigenvalue weighted by molar-refractivity contribution is 7.13. The molecule has 1 aliphatic heterocycles. The number of piperidine rings is 1. The summed E-state index contributed by atoms with van der Waals surface area (Å²) in [5.41, 5.74) is 0.818. The first-order valence-corrected chi connectivity index (χ1v) is 9.94. The fourth-order valence-corrected chi connectivity index (χ4v) is 3.54. The molecule has 8 nitrogen and oxygen atoms in total. The monoisotopic (exact) mass is 391 g/mol.